The summed E-state index contributed by atoms with van der Waals surface area (Å²) in [5.74, 6) is 0. The van der Waals surface area contributed by atoms with Crippen molar-refractivity contribution in [2.45, 2.75) is 25.8 Å². The number of hydrogen-bond acceptors (Lipinski definition) is 3. The molecule has 1 aliphatic rings. The Morgan fingerprint density at radius 3 is 2.93 bits per heavy atom. The summed E-state index contributed by atoms with van der Waals surface area (Å²) in [6.07, 6.45) is 2.41. The van der Waals surface area contributed by atoms with Crippen LogP contribution in [0.1, 0.15) is 25.3 Å². The molecule has 1 unspecified atom stereocenters. The van der Waals surface area contributed by atoms with Gasteiger partial charge in [0.25, 0.3) is 0 Å². The Labute approximate surface area is 90.1 Å². The molecule has 3 heteroatoms. The van der Waals surface area contributed by atoms with Gasteiger partial charge in [-0.3, -0.25) is 0 Å². The van der Waals surface area contributed by atoms with Gasteiger partial charge in [-0.2, -0.15) is 5.26 Å². The molecule has 1 fully saturated rings. The minimum absolute atomic E-state index is 0.529. The highest BCUT2D eigenvalue weighted by atomic mass is 15.2. The highest BCUT2D eigenvalue weighted by molar-refractivity contribution is 5.70. The summed E-state index contributed by atoms with van der Waals surface area (Å²) in [7, 11) is 0. The minimum Gasteiger partial charge on any atom is -0.397 e. The van der Waals surface area contributed by atoms with Gasteiger partial charge in [-0.15, -0.1) is 0 Å². The molecule has 0 radical (unpaired) electrons. The quantitative estimate of drug-likeness (QED) is 0.708. The standard InChI is InChI=1S/C12H15N3/c1-9-3-2-6-15(9)12-7-10(8-13)4-5-11(12)14/h4-5,7,9H,2-3,6,14H2,1H3. The van der Waals surface area contributed by atoms with Crippen LogP contribution in [0.15, 0.2) is 18.2 Å². The van der Waals surface area contributed by atoms with Crippen molar-refractivity contribution >= 4 is 11.4 Å². The number of nitrogens with two attached hydrogens (primary N) is 1. The van der Waals surface area contributed by atoms with Crippen LogP contribution in [0.25, 0.3) is 0 Å². The predicted molar refractivity (Wildman–Crippen MR) is 61.6 cm³/mol. The van der Waals surface area contributed by atoms with Crippen molar-refractivity contribution in [2.75, 3.05) is 17.2 Å². The third kappa shape index (κ3) is 1.75. The first kappa shape index (κ1) is 9.85. The molecule has 3 nitrogen and oxygen atoms in total. The number of anilines is 2. The van der Waals surface area contributed by atoms with E-state index in [2.05, 4.69) is 17.9 Å². The lowest BCUT2D eigenvalue weighted by Gasteiger charge is -2.25. The Hall–Kier alpha value is -1.69. The number of nitriles is 1. The van der Waals surface area contributed by atoms with E-state index in [4.69, 9.17) is 11.0 Å². The van der Waals surface area contributed by atoms with E-state index in [0.717, 1.165) is 17.9 Å². The Bertz CT molecular complexity index is 406. The van der Waals surface area contributed by atoms with Gasteiger partial charge in [0.2, 0.25) is 0 Å². The van der Waals surface area contributed by atoms with Crippen molar-refractivity contribution in [3.05, 3.63) is 23.8 Å². The average Bonchev–Trinajstić information content (AvgIpc) is 2.65. The maximum atomic E-state index is 8.85. The lowest BCUT2D eigenvalue weighted by molar-refractivity contribution is 0.735. The molecule has 0 spiro atoms. The third-order valence-corrected chi connectivity index (χ3v) is 3.02. The third-order valence-electron chi connectivity index (χ3n) is 3.02. The average molecular weight is 201 g/mol. The number of benzene rings is 1. The SMILES string of the molecule is CC1CCCN1c1cc(C#N)ccc1N. The van der Waals surface area contributed by atoms with Gasteiger partial charge in [-0.1, -0.05) is 0 Å². The van der Waals surface area contributed by atoms with E-state index in [0.29, 0.717) is 11.6 Å². The number of hydrogen-bond donors (Lipinski definition) is 1. The largest absolute Gasteiger partial charge is 0.397 e. The van der Waals surface area contributed by atoms with E-state index >= 15 is 0 Å². The second kappa shape index (κ2) is 3.82. The first-order valence-electron chi connectivity index (χ1n) is 5.28. The summed E-state index contributed by atoms with van der Waals surface area (Å²) in [5, 5.41) is 8.85. The zero-order valence-corrected chi connectivity index (χ0v) is 8.90. The van der Waals surface area contributed by atoms with Crippen molar-refractivity contribution < 1.29 is 0 Å². The molecule has 1 atom stereocenters. The normalized spacial score (nSPS) is 20.3. The molecule has 2 N–H and O–H groups in total. The van der Waals surface area contributed by atoms with Crippen LogP contribution >= 0.6 is 0 Å². The van der Waals surface area contributed by atoms with Gasteiger partial charge < -0.3 is 10.6 Å². The summed E-state index contributed by atoms with van der Waals surface area (Å²) in [6, 6.07) is 8.15. The van der Waals surface area contributed by atoms with Crippen LogP contribution in [0.4, 0.5) is 11.4 Å². The van der Waals surface area contributed by atoms with Crippen molar-refractivity contribution in [2.24, 2.45) is 0 Å². The second-order valence-corrected chi connectivity index (χ2v) is 4.07. The number of nitrogen functional groups attached to an aromatic ring is 1. The molecule has 0 aromatic heterocycles. The van der Waals surface area contributed by atoms with Crippen molar-refractivity contribution in [3.63, 3.8) is 0 Å². The summed E-state index contributed by atoms with van der Waals surface area (Å²) >= 11 is 0. The van der Waals surface area contributed by atoms with Gasteiger partial charge in [0.1, 0.15) is 0 Å². The Kier molecular flexibility index (Phi) is 2.51. The Morgan fingerprint density at radius 1 is 1.53 bits per heavy atom. The molecule has 0 amide bonds. The lowest BCUT2D eigenvalue weighted by atomic mass is 10.1. The zero-order chi connectivity index (χ0) is 10.8. The molecule has 2 rings (SSSR count). The van der Waals surface area contributed by atoms with E-state index < -0.39 is 0 Å². The molecule has 0 saturated carbocycles. The van der Waals surface area contributed by atoms with Crippen molar-refractivity contribution in [3.8, 4) is 6.07 Å². The molecule has 0 aliphatic carbocycles. The van der Waals surface area contributed by atoms with Crippen molar-refractivity contribution in [1.82, 2.24) is 0 Å². The van der Waals surface area contributed by atoms with Crippen LogP contribution in [0.5, 0.6) is 0 Å². The molecule has 1 aromatic rings. The Balaban J connectivity index is 2.38. The molecule has 1 saturated heterocycles. The fourth-order valence-corrected chi connectivity index (χ4v) is 2.15. The fourth-order valence-electron chi connectivity index (χ4n) is 2.15. The highest BCUT2D eigenvalue weighted by Gasteiger charge is 2.22. The number of rotatable bonds is 1. The molecular weight excluding hydrogens is 186 g/mol. The van der Waals surface area contributed by atoms with Gasteiger partial charge in [0.05, 0.1) is 23.0 Å². The highest BCUT2D eigenvalue weighted by Crippen LogP contribution is 2.30. The second-order valence-electron chi connectivity index (χ2n) is 4.07. The molecule has 0 bridgehead atoms. The first-order valence-corrected chi connectivity index (χ1v) is 5.28. The molecule has 78 valence electrons. The number of nitrogens with zero attached hydrogens (tertiary/aromatic N) is 2. The Morgan fingerprint density at radius 2 is 2.33 bits per heavy atom. The summed E-state index contributed by atoms with van der Waals surface area (Å²) in [5.41, 5.74) is 8.39. The van der Waals surface area contributed by atoms with E-state index in [-0.39, 0.29) is 0 Å². The van der Waals surface area contributed by atoms with Crippen LogP contribution in [-0.4, -0.2) is 12.6 Å². The lowest BCUT2D eigenvalue weighted by Crippen LogP contribution is -2.27. The minimum atomic E-state index is 0.529. The summed E-state index contributed by atoms with van der Waals surface area (Å²) in [4.78, 5) is 2.29. The molecule has 1 heterocycles. The van der Waals surface area contributed by atoms with E-state index in [9.17, 15) is 0 Å². The smallest absolute Gasteiger partial charge is 0.0992 e. The van der Waals surface area contributed by atoms with Gasteiger partial charge in [-0.05, 0) is 38.0 Å². The van der Waals surface area contributed by atoms with E-state index in [1.165, 1.54) is 12.8 Å². The van der Waals surface area contributed by atoms with Gasteiger partial charge in [0, 0.05) is 12.6 Å². The van der Waals surface area contributed by atoms with Gasteiger partial charge >= 0.3 is 0 Å². The monoisotopic (exact) mass is 201 g/mol. The summed E-state index contributed by atoms with van der Waals surface area (Å²) in [6.45, 7) is 3.24. The van der Waals surface area contributed by atoms with Gasteiger partial charge in [-0.25, -0.2) is 0 Å². The molecular formula is C12H15N3. The fraction of sp³-hybridized carbons (Fsp3) is 0.417. The first-order chi connectivity index (χ1) is 7.22. The van der Waals surface area contributed by atoms with Crippen molar-refractivity contribution in [1.29, 1.82) is 5.26 Å². The molecule has 1 aliphatic heterocycles. The van der Waals surface area contributed by atoms with Gasteiger partial charge in [0.15, 0.2) is 0 Å². The zero-order valence-electron chi connectivity index (χ0n) is 8.90. The van der Waals surface area contributed by atoms with Crippen LogP contribution in [-0.2, 0) is 0 Å². The van der Waals surface area contributed by atoms with E-state index in [1.807, 2.05) is 12.1 Å². The van der Waals surface area contributed by atoms with Crippen LogP contribution in [0.3, 0.4) is 0 Å². The van der Waals surface area contributed by atoms with Crippen LogP contribution in [0, 0.1) is 11.3 Å². The maximum absolute atomic E-state index is 8.85. The van der Waals surface area contributed by atoms with Crippen LogP contribution < -0.4 is 10.6 Å². The topological polar surface area (TPSA) is 53.0 Å². The van der Waals surface area contributed by atoms with E-state index in [1.54, 1.807) is 6.07 Å². The predicted octanol–water partition coefficient (Wildman–Crippen LogP) is 2.13. The summed E-state index contributed by atoms with van der Waals surface area (Å²) < 4.78 is 0. The van der Waals surface area contributed by atoms with Crippen LogP contribution in [0.2, 0.25) is 0 Å². The molecule has 15 heavy (non-hydrogen) atoms. The molecule has 1 aromatic carbocycles. The maximum Gasteiger partial charge on any atom is 0.0992 e.